The molecule has 0 amide bonds. The van der Waals surface area contributed by atoms with Gasteiger partial charge in [-0.3, -0.25) is 0 Å². The molecular formula is C22H49N2+. The maximum absolute atomic E-state index is 2.71. The number of hydrogen-bond acceptors (Lipinski definition) is 1. The van der Waals surface area contributed by atoms with Gasteiger partial charge in [0.15, 0.2) is 0 Å². The highest BCUT2D eigenvalue weighted by atomic mass is 15.3. The van der Waals surface area contributed by atoms with E-state index in [0.717, 1.165) is 4.48 Å². The third-order valence-electron chi connectivity index (χ3n) is 4.92. The molecule has 0 aliphatic carbocycles. The van der Waals surface area contributed by atoms with E-state index >= 15 is 0 Å². The van der Waals surface area contributed by atoms with Gasteiger partial charge in [0.05, 0.1) is 27.7 Å². The van der Waals surface area contributed by atoms with Crippen LogP contribution in [0.15, 0.2) is 0 Å². The Morgan fingerprint density at radius 1 is 0.500 bits per heavy atom. The molecule has 0 aliphatic rings. The predicted molar refractivity (Wildman–Crippen MR) is 111 cm³/mol. The maximum Gasteiger partial charge on any atom is 0.0780 e. The van der Waals surface area contributed by atoms with Crippen LogP contribution in [0, 0.1) is 0 Å². The summed E-state index contributed by atoms with van der Waals surface area (Å²) in [6.45, 7) is 9.85. The minimum Gasteiger partial charge on any atom is -0.331 e. The van der Waals surface area contributed by atoms with Crippen molar-refractivity contribution >= 4 is 0 Å². The SMILES string of the molecule is CCCCCCCCCCCCN(CCC)CCCC[N+](C)(C)C. The standard InChI is InChI=1S/C22H49N2/c1-6-8-9-10-11-12-13-14-15-16-20-23(19-7-2)21-17-18-22-24(3,4)5/h6-22H2,1-5H3/q+1. The van der Waals surface area contributed by atoms with Crippen LogP contribution in [0.3, 0.4) is 0 Å². The van der Waals surface area contributed by atoms with Crippen LogP contribution in [0.2, 0.25) is 0 Å². The second-order valence-corrected chi connectivity index (χ2v) is 8.74. The van der Waals surface area contributed by atoms with E-state index in [4.69, 9.17) is 0 Å². The number of nitrogens with zero attached hydrogens (tertiary/aromatic N) is 2. The highest BCUT2D eigenvalue weighted by molar-refractivity contribution is 4.58. The number of rotatable bonds is 18. The number of quaternary nitrogens is 1. The lowest BCUT2D eigenvalue weighted by molar-refractivity contribution is -0.870. The van der Waals surface area contributed by atoms with Crippen molar-refractivity contribution in [3.8, 4) is 0 Å². The Kier molecular flexibility index (Phi) is 16.3. The Morgan fingerprint density at radius 3 is 1.42 bits per heavy atom. The molecule has 0 saturated carbocycles. The summed E-state index contributed by atoms with van der Waals surface area (Å²) in [5.41, 5.74) is 0. The second kappa shape index (κ2) is 16.4. The summed E-state index contributed by atoms with van der Waals surface area (Å²) in [6.07, 6.45) is 18.4. The van der Waals surface area contributed by atoms with Crippen molar-refractivity contribution < 1.29 is 4.48 Å². The molecule has 0 fully saturated rings. The fourth-order valence-corrected chi connectivity index (χ4v) is 3.40. The summed E-state index contributed by atoms with van der Waals surface area (Å²) in [6, 6.07) is 0. The van der Waals surface area contributed by atoms with Gasteiger partial charge >= 0.3 is 0 Å². The van der Waals surface area contributed by atoms with Crippen molar-refractivity contribution in [2.24, 2.45) is 0 Å². The zero-order valence-corrected chi connectivity index (χ0v) is 17.9. The summed E-state index contributed by atoms with van der Waals surface area (Å²) in [5.74, 6) is 0. The van der Waals surface area contributed by atoms with Crippen LogP contribution in [-0.4, -0.2) is 56.7 Å². The van der Waals surface area contributed by atoms with Crippen molar-refractivity contribution in [3.63, 3.8) is 0 Å². The Hall–Kier alpha value is -0.0800. The number of hydrogen-bond donors (Lipinski definition) is 0. The van der Waals surface area contributed by atoms with Gasteiger partial charge in [-0.05, 0) is 45.3 Å². The maximum atomic E-state index is 2.71. The van der Waals surface area contributed by atoms with Crippen molar-refractivity contribution in [2.75, 3.05) is 47.3 Å². The molecule has 0 spiro atoms. The summed E-state index contributed by atoms with van der Waals surface area (Å²) < 4.78 is 1.10. The molecule has 0 N–H and O–H groups in total. The monoisotopic (exact) mass is 341 g/mol. The first-order chi connectivity index (χ1) is 11.5. The molecule has 0 radical (unpaired) electrons. The highest BCUT2D eigenvalue weighted by Gasteiger charge is 2.08. The number of unbranched alkanes of at least 4 members (excludes halogenated alkanes) is 10. The Balaban J connectivity index is 3.50. The molecule has 0 rings (SSSR count). The van der Waals surface area contributed by atoms with Gasteiger partial charge in [-0.15, -0.1) is 0 Å². The lowest BCUT2D eigenvalue weighted by atomic mass is 10.1. The highest BCUT2D eigenvalue weighted by Crippen LogP contribution is 2.11. The predicted octanol–water partition coefficient (Wildman–Crippen LogP) is 6.11. The van der Waals surface area contributed by atoms with Crippen LogP contribution in [0.1, 0.15) is 97.3 Å². The first-order valence-corrected chi connectivity index (χ1v) is 11.0. The van der Waals surface area contributed by atoms with Gasteiger partial charge in [0.2, 0.25) is 0 Å². The lowest BCUT2D eigenvalue weighted by Crippen LogP contribution is -2.36. The van der Waals surface area contributed by atoms with Crippen LogP contribution in [-0.2, 0) is 0 Å². The second-order valence-electron chi connectivity index (χ2n) is 8.74. The average molecular weight is 342 g/mol. The molecule has 0 atom stereocenters. The van der Waals surface area contributed by atoms with E-state index in [1.165, 1.54) is 110 Å². The van der Waals surface area contributed by atoms with Gasteiger partial charge in [-0.2, -0.15) is 0 Å². The van der Waals surface area contributed by atoms with Gasteiger partial charge in [0.25, 0.3) is 0 Å². The summed E-state index contributed by atoms with van der Waals surface area (Å²) in [5, 5.41) is 0. The molecular weight excluding hydrogens is 292 g/mol. The fourth-order valence-electron chi connectivity index (χ4n) is 3.40. The van der Waals surface area contributed by atoms with Gasteiger partial charge in [-0.25, -0.2) is 0 Å². The zero-order chi connectivity index (χ0) is 18.1. The van der Waals surface area contributed by atoms with E-state index in [2.05, 4.69) is 39.9 Å². The van der Waals surface area contributed by atoms with Gasteiger partial charge in [-0.1, -0.05) is 71.6 Å². The van der Waals surface area contributed by atoms with Crippen LogP contribution in [0.25, 0.3) is 0 Å². The molecule has 24 heavy (non-hydrogen) atoms. The van der Waals surface area contributed by atoms with Gasteiger partial charge in [0.1, 0.15) is 0 Å². The van der Waals surface area contributed by atoms with Crippen molar-refractivity contribution in [3.05, 3.63) is 0 Å². The Labute approximate surface area is 154 Å². The summed E-state index contributed by atoms with van der Waals surface area (Å²) in [7, 11) is 6.90. The van der Waals surface area contributed by atoms with E-state index in [1.807, 2.05) is 0 Å². The lowest BCUT2D eigenvalue weighted by Gasteiger charge is -2.25. The zero-order valence-electron chi connectivity index (χ0n) is 17.9. The molecule has 0 heterocycles. The smallest absolute Gasteiger partial charge is 0.0780 e. The van der Waals surface area contributed by atoms with Crippen molar-refractivity contribution in [1.29, 1.82) is 0 Å². The van der Waals surface area contributed by atoms with E-state index in [0.29, 0.717) is 0 Å². The first-order valence-electron chi connectivity index (χ1n) is 11.0. The third kappa shape index (κ3) is 18.3. The van der Waals surface area contributed by atoms with Gasteiger partial charge in [0, 0.05) is 0 Å². The minimum absolute atomic E-state index is 1.10. The van der Waals surface area contributed by atoms with E-state index in [9.17, 15) is 0 Å². The fraction of sp³-hybridized carbons (Fsp3) is 1.00. The molecule has 146 valence electrons. The quantitative estimate of drug-likeness (QED) is 0.215. The van der Waals surface area contributed by atoms with E-state index in [-0.39, 0.29) is 0 Å². The van der Waals surface area contributed by atoms with E-state index in [1.54, 1.807) is 0 Å². The molecule has 0 aromatic heterocycles. The van der Waals surface area contributed by atoms with Crippen LogP contribution >= 0.6 is 0 Å². The van der Waals surface area contributed by atoms with Crippen molar-refractivity contribution in [1.82, 2.24) is 4.90 Å². The topological polar surface area (TPSA) is 3.24 Å². The Bertz CT molecular complexity index is 245. The first kappa shape index (κ1) is 23.9. The average Bonchev–Trinajstić information content (AvgIpc) is 2.52. The molecule has 0 saturated heterocycles. The van der Waals surface area contributed by atoms with Crippen LogP contribution < -0.4 is 0 Å². The van der Waals surface area contributed by atoms with Gasteiger partial charge < -0.3 is 9.38 Å². The molecule has 2 heteroatoms. The van der Waals surface area contributed by atoms with Crippen molar-refractivity contribution in [2.45, 2.75) is 97.3 Å². The molecule has 0 aliphatic heterocycles. The van der Waals surface area contributed by atoms with Crippen LogP contribution in [0.4, 0.5) is 0 Å². The summed E-state index contributed by atoms with van der Waals surface area (Å²) in [4.78, 5) is 2.71. The molecule has 2 nitrogen and oxygen atoms in total. The molecule has 0 aromatic carbocycles. The third-order valence-corrected chi connectivity index (χ3v) is 4.92. The normalized spacial score (nSPS) is 12.2. The largest absolute Gasteiger partial charge is 0.331 e. The summed E-state index contributed by atoms with van der Waals surface area (Å²) >= 11 is 0. The van der Waals surface area contributed by atoms with Crippen LogP contribution in [0.5, 0.6) is 0 Å². The Morgan fingerprint density at radius 2 is 0.958 bits per heavy atom. The van der Waals surface area contributed by atoms with E-state index < -0.39 is 0 Å². The minimum atomic E-state index is 1.10. The molecule has 0 bridgehead atoms. The molecule has 0 unspecified atom stereocenters. The molecule has 0 aromatic rings.